The average molecular weight is 243 g/mol. The molecule has 2 aliphatic rings. The van der Waals surface area contributed by atoms with Gasteiger partial charge in [-0.2, -0.15) is 0 Å². The van der Waals surface area contributed by atoms with E-state index in [0.717, 1.165) is 0 Å². The Morgan fingerprint density at radius 3 is 2.88 bits per heavy atom. The summed E-state index contributed by atoms with van der Waals surface area (Å²) in [7, 11) is 0. The van der Waals surface area contributed by atoms with E-state index in [-0.39, 0.29) is 24.5 Å². The van der Waals surface area contributed by atoms with Crippen LogP contribution in [0.3, 0.4) is 0 Å². The van der Waals surface area contributed by atoms with E-state index < -0.39 is 11.5 Å². The van der Waals surface area contributed by atoms with Crippen LogP contribution in [0.1, 0.15) is 19.8 Å². The van der Waals surface area contributed by atoms with Crippen molar-refractivity contribution in [2.24, 2.45) is 5.92 Å². The molecule has 2 fully saturated rings. The maximum atomic E-state index is 11.8. The Balaban J connectivity index is 1.91. The van der Waals surface area contributed by atoms with Crippen LogP contribution in [0.25, 0.3) is 0 Å². The molecule has 1 aliphatic heterocycles. The first-order valence-electron chi connectivity index (χ1n) is 5.84. The maximum Gasteiger partial charge on any atom is 0.331 e. The molecule has 1 saturated heterocycles. The van der Waals surface area contributed by atoms with Gasteiger partial charge in [0.05, 0.1) is 18.6 Å². The van der Waals surface area contributed by atoms with Gasteiger partial charge in [0.25, 0.3) is 0 Å². The highest BCUT2D eigenvalue weighted by atomic mass is 16.5. The average Bonchev–Trinajstić information content (AvgIpc) is 2.88. The molecule has 1 aliphatic carbocycles. The highest BCUT2D eigenvalue weighted by molar-refractivity contribution is 5.90. The molecule has 0 spiro atoms. The number of carboxylic acid groups (broad SMARTS) is 1. The van der Waals surface area contributed by atoms with Crippen LogP contribution in [0.4, 0.5) is 0 Å². The zero-order valence-corrected chi connectivity index (χ0v) is 9.77. The summed E-state index contributed by atoms with van der Waals surface area (Å²) in [5, 5.41) is 11.8. The van der Waals surface area contributed by atoms with Gasteiger partial charge >= 0.3 is 5.97 Å². The molecule has 1 heterocycles. The standard InChI is InChI=1S/C11H17NO5/c1-2-17-8-5-7(8)9(13)12-11(10(14)15)3-4-16-6-11/h7-8H,2-6H2,1H3,(H,12,13)(H,14,15). The van der Waals surface area contributed by atoms with Gasteiger partial charge in [0.1, 0.15) is 0 Å². The van der Waals surface area contributed by atoms with Crippen molar-refractivity contribution in [2.75, 3.05) is 19.8 Å². The lowest BCUT2D eigenvalue weighted by atomic mass is 9.98. The minimum atomic E-state index is -1.24. The molecule has 17 heavy (non-hydrogen) atoms. The van der Waals surface area contributed by atoms with Crippen LogP contribution in [0.15, 0.2) is 0 Å². The van der Waals surface area contributed by atoms with Gasteiger partial charge in [-0.05, 0) is 13.3 Å². The van der Waals surface area contributed by atoms with E-state index in [1.807, 2.05) is 6.92 Å². The lowest BCUT2D eigenvalue weighted by molar-refractivity contribution is -0.148. The second kappa shape index (κ2) is 4.62. The Hall–Kier alpha value is -1.14. The van der Waals surface area contributed by atoms with Crippen molar-refractivity contribution in [3.05, 3.63) is 0 Å². The van der Waals surface area contributed by atoms with Crippen molar-refractivity contribution in [2.45, 2.75) is 31.4 Å². The molecule has 0 aromatic rings. The fourth-order valence-corrected chi connectivity index (χ4v) is 2.06. The van der Waals surface area contributed by atoms with E-state index >= 15 is 0 Å². The van der Waals surface area contributed by atoms with Gasteiger partial charge in [0.15, 0.2) is 5.54 Å². The lowest BCUT2D eigenvalue weighted by Gasteiger charge is -2.23. The predicted octanol–water partition coefficient (Wildman–Crippen LogP) is -0.229. The van der Waals surface area contributed by atoms with Crippen LogP contribution in [-0.2, 0) is 19.1 Å². The minimum absolute atomic E-state index is 0.0418. The number of hydrogen-bond donors (Lipinski definition) is 2. The van der Waals surface area contributed by atoms with Gasteiger partial charge in [-0.1, -0.05) is 0 Å². The molecule has 0 bridgehead atoms. The number of hydrogen-bond acceptors (Lipinski definition) is 4. The second-order valence-corrected chi connectivity index (χ2v) is 4.52. The van der Waals surface area contributed by atoms with Crippen LogP contribution in [-0.4, -0.2) is 48.4 Å². The first-order valence-corrected chi connectivity index (χ1v) is 5.84. The number of aliphatic carboxylic acids is 1. The predicted molar refractivity (Wildman–Crippen MR) is 57.5 cm³/mol. The van der Waals surface area contributed by atoms with Gasteiger partial charge in [0.2, 0.25) is 5.91 Å². The summed E-state index contributed by atoms with van der Waals surface area (Å²) in [6, 6.07) is 0. The summed E-state index contributed by atoms with van der Waals surface area (Å²) < 4.78 is 10.4. The Kier molecular flexibility index (Phi) is 3.35. The number of carbonyl (C=O) groups is 2. The number of nitrogens with one attached hydrogen (secondary N) is 1. The summed E-state index contributed by atoms with van der Waals surface area (Å²) in [6.45, 7) is 2.85. The smallest absolute Gasteiger partial charge is 0.331 e. The summed E-state index contributed by atoms with van der Waals surface area (Å²) in [4.78, 5) is 23.0. The molecule has 0 aromatic heterocycles. The number of carbonyl (C=O) groups excluding carboxylic acids is 1. The van der Waals surface area contributed by atoms with Crippen LogP contribution in [0.2, 0.25) is 0 Å². The Morgan fingerprint density at radius 2 is 2.35 bits per heavy atom. The largest absolute Gasteiger partial charge is 0.479 e. The van der Waals surface area contributed by atoms with Crippen LogP contribution >= 0.6 is 0 Å². The van der Waals surface area contributed by atoms with E-state index in [0.29, 0.717) is 26.1 Å². The number of amides is 1. The van der Waals surface area contributed by atoms with Crippen molar-refractivity contribution in [3.63, 3.8) is 0 Å². The molecule has 3 unspecified atom stereocenters. The van der Waals surface area contributed by atoms with Crippen LogP contribution in [0, 0.1) is 5.92 Å². The Morgan fingerprint density at radius 1 is 1.59 bits per heavy atom. The van der Waals surface area contributed by atoms with Gasteiger partial charge in [0, 0.05) is 19.6 Å². The monoisotopic (exact) mass is 243 g/mol. The molecule has 0 radical (unpaired) electrons. The van der Waals surface area contributed by atoms with Gasteiger partial charge in [-0.15, -0.1) is 0 Å². The first kappa shape index (κ1) is 12.3. The topological polar surface area (TPSA) is 84.9 Å². The molecule has 2 rings (SSSR count). The van der Waals surface area contributed by atoms with Crippen molar-refractivity contribution in [1.29, 1.82) is 0 Å². The minimum Gasteiger partial charge on any atom is -0.479 e. The van der Waals surface area contributed by atoms with Crippen molar-refractivity contribution in [1.82, 2.24) is 5.32 Å². The highest BCUT2D eigenvalue weighted by Gasteiger charge is 2.50. The fraction of sp³-hybridized carbons (Fsp3) is 0.818. The van der Waals surface area contributed by atoms with E-state index in [9.17, 15) is 9.59 Å². The van der Waals surface area contributed by atoms with E-state index in [1.165, 1.54) is 0 Å². The Labute approximate surface area is 99.3 Å². The molecule has 2 N–H and O–H groups in total. The van der Waals surface area contributed by atoms with Crippen molar-refractivity contribution < 1.29 is 24.2 Å². The molecule has 1 amide bonds. The number of rotatable bonds is 5. The van der Waals surface area contributed by atoms with Crippen LogP contribution < -0.4 is 5.32 Å². The highest BCUT2D eigenvalue weighted by Crippen LogP contribution is 2.34. The molecule has 0 aromatic carbocycles. The summed E-state index contributed by atoms with van der Waals surface area (Å²) in [5.41, 5.74) is -1.24. The van der Waals surface area contributed by atoms with Gasteiger partial charge in [-0.3, -0.25) is 4.79 Å². The molecule has 3 atom stereocenters. The van der Waals surface area contributed by atoms with E-state index in [1.54, 1.807) is 0 Å². The Bertz CT molecular complexity index is 324. The van der Waals surface area contributed by atoms with Crippen molar-refractivity contribution >= 4 is 11.9 Å². The first-order chi connectivity index (χ1) is 8.09. The molecular formula is C11H17NO5. The zero-order chi connectivity index (χ0) is 12.5. The molecule has 6 heteroatoms. The second-order valence-electron chi connectivity index (χ2n) is 4.52. The van der Waals surface area contributed by atoms with E-state index in [2.05, 4.69) is 5.32 Å². The number of carboxylic acids is 1. The SMILES string of the molecule is CCOC1CC1C(=O)NC1(C(=O)O)CCOC1. The quantitative estimate of drug-likeness (QED) is 0.696. The molecular weight excluding hydrogens is 226 g/mol. The van der Waals surface area contributed by atoms with Crippen molar-refractivity contribution in [3.8, 4) is 0 Å². The lowest BCUT2D eigenvalue weighted by Crippen LogP contribution is -2.55. The van der Waals surface area contributed by atoms with E-state index in [4.69, 9.17) is 14.6 Å². The summed E-state index contributed by atoms with van der Waals surface area (Å²) >= 11 is 0. The number of ether oxygens (including phenoxy) is 2. The molecule has 96 valence electrons. The fourth-order valence-electron chi connectivity index (χ4n) is 2.06. The summed E-state index contributed by atoms with van der Waals surface area (Å²) in [6.07, 6.45) is 0.948. The third kappa shape index (κ3) is 2.42. The zero-order valence-electron chi connectivity index (χ0n) is 9.77. The third-order valence-electron chi connectivity index (χ3n) is 3.24. The molecule has 1 saturated carbocycles. The van der Waals surface area contributed by atoms with Gasteiger partial charge < -0.3 is 19.9 Å². The maximum absolute atomic E-state index is 11.8. The normalized spacial score (nSPS) is 35.6. The van der Waals surface area contributed by atoms with Gasteiger partial charge in [-0.25, -0.2) is 4.79 Å². The third-order valence-corrected chi connectivity index (χ3v) is 3.24. The summed E-state index contributed by atoms with van der Waals surface area (Å²) in [5.74, 6) is -1.47. The molecule has 6 nitrogen and oxygen atoms in total. The van der Waals surface area contributed by atoms with Crippen LogP contribution in [0.5, 0.6) is 0 Å².